The Labute approximate surface area is 129 Å². The predicted molar refractivity (Wildman–Crippen MR) is 80.7 cm³/mol. The Hall–Kier alpha value is -1.39. The number of Topliss-reactive ketones (excluding diaryl/α,β-unsaturated/α-hetero) is 1. The fourth-order valence-electron chi connectivity index (χ4n) is 5.38. The Morgan fingerprint density at radius 1 is 1.27 bits per heavy atom. The van der Waals surface area contributed by atoms with Crippen LogP contribution >= 0.6 is 0 Å². The molecule has 0 spiro atoms. The zero-order valence-electron chi connectivity index (χ0n) is 12.7. The fraction of sp³-hybridized carbons (Fsp3) is 0.611. The van der Waals surface area contributed by atoms with Crippen LogP contribution < -0.4 is 0 Å². The molecule has 4 nitrogen and oxygen atoms in total. The van der Waals surface area contributed by atoms with Gasteiger partial charge in [-0.15, -0.1) is 0 Å². The number of aromatic hydroxyl groups is 1. The highest BCUT2D eigenvalue weighted by molar-refractivity contribution is 5.99. The Balaban J connectivity index is 1.76. The number of ketones is 1. The van der Waals surface area contributed by atoms with Crippen molar-refractivity contribution in [2.75, 3.05) is 0 Å². The molecule has 0 radical (unpaired) electrons. The molecule has 3 aliphatic rings. The maximum Gasteiger partial charge on any atom is 0.163 e. The molecule has 1 aromatic rings. The lowest BCUT2D eigenvalue weighted by molar-refractivity contribution is -0.0493. The van der Waals surface area contributed by atoms with Gasteiger partial charge in [-0.3, -0.25) is 4.79 Å². The molecule has 4 rings (SSSR count). The van der Waals surface area contributed by atoms with E-state index < -0.39 is 12.2 Å². The van der Waals surface area contributed by atoms with Crippen LogP contribution in [0.2, 0.25) is 0 Å². The Bertz CT molecular complexity index is 640. The largest absolute Gasteiger partial charge is 0.508 e. The summed E-state index contributed by atoms with van der Waals surface area (Å²) in [4.78, 5) is 12.5. The Kier molecular flexibility index (Phi) is 2.94. The molecule has 0 saturated heterocycles. The van der Waals surface area contributed by atoms with Crippen molar-refractivity contribution in [1.82, 2.24) is 0 Å². The van der Waals surface area contributed by atoms with Gasteiger partial charge in [-0.05, 0) is 60.1 Å². The summed E-state index contributed by atoms with van der Waals surface area (Å²) in [6, 6.07) is 5.12. The maximum atomic E-state index is 12.5. The Morgan fingerprint density at radius 2 is 2.05 bits per heavy atom. The highest BCUT2D eigenvalue weighted by Gasteiger charge is 2.58. The molecular weight excluding hydrogens is 280 g/mol. The fourth-order valence-corrected chi connectivity index (χ4v) is 5.38. The zero-order valence-corrected chi connectivity index (χ0v) is 12.7. The van der Waals surface area contributed by atoms with Crippen molar-refractivity contribution in [2.24, 2.45) is 17.3 Å². The summed E-state index contributed by atoms with van der Waals surface area (Å²) >= 11 is 0. The summed E-state index contributed by atoms with van der Waals surface area (Å²) in [5.41, 5.74) is 1.41. The average Bonchev–Trinajstić information content (AvgIpc) is 2.72. The molecule has 2 fully saturated rings. The third-order valence-corrected chi connectivity index (χ3v) is 6.57. The van der Waals surface area contributed by atoms with Gasteiger partial charge in [0.2, 0.25) is 0 Å². The number of aliphatic hydroxyl groups excluding tert-OH is 2. The van der Waals surface area contributed by atoms with Gasteiger partial charge in [0.05, 0.1) is 12.2 Å². The van der Waals surface area contributed by atoms with E-state index in [0.717, 1.165) is 18.4 Å². The second kappa shape index (κ2) is 4.56. The van der Waals surface area contributed by atoms with Gasteiger partial charge in [-0.25, -0.2) is 0 Å². The summed E-state index contributed by atoms with van der Waals surface area (Å²) in [5, 5.41) is 30.1. The molecular formula is C18H22O4. The number of fused-ring (bicyclic) bond motifs is 5. The van der Waals surface area contributed by atoms with Crippen LogP contribution in [0.25, 0.3) is 0 Å². The van der Waals surface area contributed by atoms with Crippen LogP contribution in [-0.4, -0.2) is 33.3 Å². The smallest absolute Gasteiger partial charge is 0.163 e. The standard InChI is InChI=1S/C18H22O4/c1-18-5-4-11-10-3-2-9(19)6-13(10)15(20)7-12(11)14(18)8-16(21)17(18)22/h2-3,6,11-12,14,16-17,19,21-22H,4-5,7-8H2,1H3/t11-,12-,14-,16+,17-,18-/m0/s1. The molecule has 0 amide bonds. The van der Waals surface area contributed by atoms with Crippen LogP contribution in [0.15, 0.2) is 18.2 Å². The number of carbonyl (C=O) groups excluding carboxylic acids is 1. The highest BCUT2D eigenvalue weighted by atomic mass is 16.3. The number of hydrogen-bond acceptors (Lipinski definition) is 4. The highest BCUT2D eigenvalue weighted by Crippen LogP contribution is 2.60. The number of phenolic OH excluding ortho intramolecular Hbond substituents is 1. The summed E-state index contributed by atoms with van der Waals surface area (Å²) < 4.78 is 0. The van der Waals surface area contributed by atoms with Crippen molar-refractivity contribution in [3.8, 4) is 5.75 Å². The summed E-state index contributed by atoms with van der Waals surface area (Å²) in [7, 11) is 0. The lowest BCUT2D eigenvalue weighted by Gasteiger charge is -2.49. The van der Waals surface area contributed by atoms with E-state index in [9.17, 15) is 20.1 Å². The van der Waals surface area contributed by atoms with Crippen molar-refractivity contribution in [1.29, 1.82) is 0 Å². The molecule has 118 valence electrons. The molecule has 1 aromatic carbocycles. The van der Waals surface area contributed by atoms with E-state index >= 15 is 0 Å². The minimum absolute atomic E-state index is 0.0762. The van der Waals surface area contributed by atoms with Crippen LogP contribution in [0.1, 0.15) is 54.4 Å². The number of carbonyl (C=O) groups is 1. The van der Waals surface area contributed by atoms with Crippen LogP contribution in [0.5, 0.6) is 5.75 Å². The summed E-state index contributed by atoms with van der Waals surface area (Å²) in [5.74, 6) is 0.881. The van der Waals surface area contributed by atoms with Gasteiger partial charge >= 0.3 is 0 Å². The summed E-state index contributed by atoms with van der Waals surface area (Å²) in [6.07, 6.45) is 1.47. The maximum absolute atomic E-state index is 12.5. The summed E-state index contributed by atoms with van der Waals surface area (Å²) in [6.45, 7) is 2.06. The number of phenols is 1. The zero-order chi connectivity index (χ0) is 15.6. The first-order chi connectivity index (χ1) is 10.4. The molecule has 4 heteroatoms. The molecule has 3 aliphatic carbocycles. The first kappa shape index (κ1) is 14.2. The molecule has 6 atom stereocenters. The van der Waals surface area contributed by atoms with E-state index in [-0.39, 0.29) is 28.8 Å². The van der Waals surface area contributed by atoms with Gasteiger partial charge in [0, 0.05) is 12.0 Å². The van der Waals surface area contributed by atoms with Crippen molar-refractivity contribution in [3.63, 3.8) is 0 Å². The van der Waals surface area contributed by atoms with Gasteiger partial charge in [0.1, 0.15) is 5.75 Å². The molecule has 0 aliphatic heterocycles. The molecule has 2 saturated carbocycles. The Morgan fingerprint density at radius 3 is 2.82 bits per heavy atom. The van der Waals surface area contributed by atoms with Crippen LogP contribution in [0.4, 0.5) is 0 Å². The van der Waals surface area contributed by atoms with E-state index in [0.29, 0.717) is 24.3 Å². The van der Waals surface area contributed by atoms with Gasteiger partial charge < -0.3 is 15.3 Å². The average molecular weight is 302 g/mol. The van der Waals surface area contributed by atoms with E-state index in [1.807, 2.05) is 6.07 Å². The predicted octanol–water partition coefficient (Wildman–Crippen LogP) is 2.22. The molecule has 0 bridgehead atoms. The number of benzene rings is 1. The lowest BCUT2D eigenvalue weighted by Crippen LogP contribution is -2.45. The first-order valence-corrected chi connectivity index (χ1v) is 8.14. The second-order valence-corrected chi connectivity index (χ2v) is 7.57. The second-order valence-electron chi connectivity index (χ2n) is 7.57. The number of hydrogen-bond donors (Lipinski definition) is 3. The van der Waals surface area contributed by atoms with Gasteiger partial charge in [-0.1, -0.05) is 13.0 Å². The lowest BCUT2D eigenvalue weighted by atomic mass is 9.55. The SMILES string of the molecule is C[C@]12CC[C@H]3c4ccc(O)cc4C(=O)C[C@@H]3[C@@H]1C[C@@H](O)[C@@H]2O. The van der Waals surface area contributed by atoms with Crippen molar-refractivity contribution in [3.05, 3.63) is 29.3 Å². The quantitative estimate of drug-likeness (QED) is 0.687. The molecule has 0 heterocycles. The normalized spacial score (nSPS) is 43.4. The van der Waals surface area contributed by atoms with Crippen molar-refractivity contribution >= 4 is 5.78 Å². The van der Waals surface area contributed by atoms with Crippen molar-refractivity contribution in [2.45, 2.75) is 50.7 Å². The van der Waals surface area contributed by atoms with E-state index in [1.165, 1.54) is 0 Å². The molecule has 0 unspecified atom stereocenters. The topological polar surface area (TPSA) is 77.8 Å². The van der Waals surface area contributed by atoms with E-state index in [2.05, 4.69) is 6.92 Å². The van der Waals surface area contributed by atoms with Gasteiger partial charge in [-0.2, -0.15) is 0 Å². The minimum atomic E-state index is -0.685. The van der Waals surface area contributed by atoms with Crippen molar-refractivity contribution < 1.29 is 20.1 Å². The van der Waals surface area contributed by atoms with Gasteiger partial charge in [0.15, 0.2) is 5.78 Å². The van der Waals surface area contributed by atoms with E-state index in [1.54, 1.807) is 12.1 Å². The van der Waals surface area contributed by atoms with Crippen LogP contribution in [-0.2, 0) is 0 Å². The monoisotopic (exact) mass is 302 g/mol. The molecule has 3 N–H and O–H groups in total. The minimum Gasteiger partial charge on any atom is -0.508 e. The van der Waals surface area contributed by atoms with Crippen LogP contribution in [0, 0.1) is 17.3 Å². The number of aliphatic hydroxyl groups is 2. The first-order valence-electron chi connectivity index (χ1n) is 8.14. The van der Waals surface area contributed by atoms with Gasteiger partial charge in [0.25, 0.3) is 0 Å². The molecule has 22 heavy (non-hydrogen) atoms. The third kappa shape index (κ3) is 1.74. The van der Waals surface area contributed by atoms with Crippen LogP contribution in [0.3, 0.4) is 0 Å². The van der Waals surface area contributed by atoms with E-state index in [4.69, 9.17) is 0 Å². The number of rotatable bonds is 0. The third-order valence-electron chi connectivity index (χ3n) is 6.57. The molecule has 0 aromatic heterocycles.